The van der Waals surface area contributed by atoms with Gasteiger partial charge in [0, 0.05) is 10.0 Å². The molecule has 1 aromatic heterocycles. The number of carbonyl (C=O) groups is 2. The highest BCUT2D eigenvalue weighted by Crippen LogP contribution is 2.29. The number of ether oxygens (including phenoxy) is 1. The predicted octanol–water partition coefficient (Wildman–Crippen LogP) is 3.57. The van der Waals surface area contributed by atoms with Crippen LogP contribution in [0.1, 0.15) is 18.5 Å². The third kappa shape index (κ3) is 4.32. The molecule has 2 heterocycles. The molecule has 0 spiro atoms. The lowest BCUT2D eigenvalue weighted by atomic mass is 9.95. The van der Waals surface area contributed by atoms with Gasteiger partial charge in [0.1, 0.15) is 0 Å². The van der Waals surface area contributed by atoms with Crippen molar-refractivity contribution in [3.63, 3.8) is 0 Å². The third-order valence-corrected chi connectivity index (χ3v) is 5.45. The van der Waals surface area contributed by atoms with E-state index < -0.39 is 18.0 Å². The number of nitrogens with zero attached hydrogens (tertiary/aromatic N) is 2. The zero-order chi connectivity index (χ0) is 22.8. The van der Waals surface area contributed by atoms with Gasteiger partial charge < -0.3 is 15.4 Å². The first-order valence-electron chi connectivity index (χ1n) is 9.75. The number of esters is 1. The number of hydrogen-bond acceptors (Lipinski definition) is 5. The van der Waals surface area contributed by atoms with Crippen LogP contribution in [-0.4, -0.2) is 28.2 Å². The number of allylic oxidation sites excluding steroid dienone is 1. The second kappa shape index (κ2) is 9.02. The van der Waals surface area contributed by atoms with E-state index >= 15 is 0 Å². The molecule has 1 unspecified atom stereocenters. The Labute approximate surface area is 192 Å². The lowest BCUT2D eigenvalue weighted by Gasteiger charge is -2.29. The number of halogens is 2. The fraction of sp³-hybridized carbons (Fsp3) is 0.182. The summed E-state index contributed by atoms with van der Waals surface area (Å²) >= 11 is 12.0. The van der Waals surface area contributed by atoms with Crippen LogP contribution in [0.5, 0.6) is 0 Å². The van der Waals surface area contributed by atoms with Crippen molar-refractivity contribution in [1.82, 2.24) is 20.2 Å². The van der Waals surface area contributed by atoms with Crippen molar-refractivity contribution in [2.75, 3.05) is 6.61 Å². The van der Waals surface area contributed by atoms with E-state index in [9.17, 15) is 14.4 Å². The molecule has 2 aromatic carbocycles. The molecule has 10 heteroatoms. The largest absolute Gasteiger partial charge is 0.463 e. The highest BCUT2D eigenvalue weighted by molar-refractivity contribution is 6.31. The Kier molecular flexibility index (Phi) is 6.16. The van der Waals surface area contributed by atoms with Gasteiger partial charge in [-0.2, -0.15) is 0 Å². The van der Waals surface area contributed by atoms with Crippen LogP contribution in [0, 0.1) is 0 Å². The van der Waals surface area contributed by atoms with Crippen LogP contribution in [0.25, 0.3) is 10.9 Å². The standard InChI is InChI=1S/C22H18Cl2N4O4/c1-2-32-21(30)18-17(26-22(31)27-19(18)12-3-5-13(23)6-4-12)10-28-11-25-16-8-7-14(24)9-15(16)20(28)29/h3-9,11,19H,2,10H2,1H3,(H2,26,27,31). The monoisotopic (exact) mass is 472 g/mol. The van der Waals surface area contributed by atoms with Gasteiger partial charge in [0.2, 0.25) is 0 Å². The smallest absolute Gasteiger partial charge is 0.338 e. The molecule has 32 heavy (non-hydrogen) atoms. The van der Waals surface area contributed by atoms with Gasteiger partial charge in [-0.05, 0) is 42.8 Å². The van der Waals surface area contributed by atoms with Crippen LogP contribution in [-0.2, 0) is 16.1 Å². The lowest BCUT2D eigenvalue weighted by molar-refractivity contribution is -0.139. The molecule has 1 aliphatic rings. The first-order valence-corrected chi connectivity index (χ1v) is 10.5. The minimum Gasteiger partial charge on any atom is -0.463 e. The van der Waals surface area contributed by atoms with Gasteiger partial charge in [-0.25, -0.2) is 14.6 Å². The number of rotatable bonds is 5. The van der Waals surface area contributed by atoms with Crippen LogP contribution in [0.4, 0.5) is 4.79 Å². The third-order valence-electron chi connectivity index (χ3n) is 4.97. The highest BCUT2D eigenvalue weighted by Gasteiger charge is 2.34. The number of hydrogen-bond donors (Lipinski definition) is 2. The molecule has 2 N–H and O–H groups in total. The second-order valence-electron chi connectivity index (χ2n) is 7.03. The van der Waals surface area contributed by atoms with Crippen molar-refractivity contribution in [1.29, 1.82) is 0 Å². The van der Waals surface area contributed by atoms with Crippen LogP contribution < -0.4 is 16.2 Å². The number of benzene rings is 2. The minimum atomic E-state index is -0.784. The summed E-state index contributed by atoms with van der Waals surface area (Å²) < 4.78 is 6.54. The fourth-order valence-corrected chi connectivity index (χ4v) is 3.81. The quantitative estimate of drug-likeness (QED) is 0.552. The Bertz CT molecular complexity index is 1300. The van der Waals surface area contributed by atoms with E-state index in [1.807, 2.05) is 0 Å². The Balaban J connectivity index is 1.83. The summed E-state index contributed by atoms with van der Waals surface area (Å²) in [6.07, 6.45) is 1.36. The summed E-state index contributed by atoms with van der Waals surface area (Å²) in [6, 6.07) is 10.3. The molecule has 0 radical (unpaired) electrons. The number of nitrogens with one attached hydrogen (secondary N) is 2. The van der Waals surface area contributed by atoms with E-state index in [1.165, 1.54) is 17.0 Å². The maximum Gasteiger partial charge on any atom is 0.338 e. The number of aromatic nitrogens is 2. The van der Waals surface area contributed by atoms with Gasteiger partial charge in [0.25, 0.3) is 5.56 Å². The maximum absolute atomic E-state index is 13.0. The van der Waals surface area contributed by atoms with Crippen LogP contribution in [0.2, 0.25) is 10.0 Å². The van der Waals surface area contributed by atoms with Crippen LogP contribution in [0.3, 0.4) is 0 Å². The summed E-state index contributed by atoms with van der Waals surface area (Å²) in [5, 5.41) is 6.62. The first-order chi connectivity index (χ1) is 15.4. The SMILES string of the molecule is CCOC(=O)C1=C(Cn2cnc3ccc(Cl)cc3c2=O)NC(=O)NC1c1ccc(Cl)cc1. The van der Waals surface area contributed by atoms with E-state index in [0.717, 1.165) is 0 Å². The average Bonchev–Trinajstić information content (AvgIpc) is 2.76. The highest BCUT2D eigenvalue weighted by atomic mass is 35.5. The van der Waals surface area contributed by atoms with Gasteiger partial charge in [-0.15, -0.1) is 0 Å². The topological polar surface area (TPSA) is 102 Å². The Morgan fingerprint density at radius 2 is 1.84 bits per heavy atom. The molecular formula is C22H18Cl2N4O4. The second-order valence-corrected chi connectivity index (χ2v) is 7.91. The van der Waals surface area contributed by atoms with Crippen LogP contribution >= 0.6 is 23.2 Å². The zero-order valence-corrected chi connectivity index (χ0v) is 18.4. The number of fused-ring (bicyclic) bond motifs is 1. The normalized spacial score (nSPS) is 16.0. The van der Waals surface area contributed by atoms with E-state index in [2.05, 4.69) is 15.6 Å². The fourth-order valence-electron chi connectivity index (χ4n) is 3.51. The molecule has 0 bridgehead atoms. The van der Waals surface area contributed by atoms with Gasteiger partial charge in [0.15, 0.2) is 0 Å². The van der Waals surface area contributed by atoms with Crippen molar-refractivity contribution in [3.05, 3.63) is 86.0 Å². The van der Waals surface area contributed by atoms with E-state index in [4.69, 9.17) is 27.9 Å². The van der Waals surface area contributed by atoms with Gasteiger partial charge in [-0.3, -0.25) is 9.36 Å². The summed E-state index contributed by atoms with van der Waals surface area (Å²) in [5.41, 5.74) is 1.19. The molecule has 1 aliphatic heterocycles. The Morgan fingerprint density at radius 1 is 1.12 bits per heavy atom. The van der Waals surface area contributed by atoms with E-state index in [0.29, 0.717) is 26.5 Å². The number of urea groups is 1. The van der Waals surface area contributed by atoms with Crippen molar-refractivity contribution in [2.24, 2.45) is 0 Å². The van der Waals surface area contributed by atoms with Crippen molar-refractivity contribution in [3.8, 4) is 0 Å². The summed E-state index contributed by atoms with van der Waals surface area (Å²) in [5.74, 6) is -0.611. The molecule has 164 valence electrons. The molecule has 0 saturated carbocycles. The Hall–Kier alpha value is -3.36. The predicted molar refractivity (Wildman–Crippen MR) is 121 cm³/mol. The zero-order valence-electron chi connectivity index (χ0n) is 16.9. The Morgan fingerprint density at radius 3 is 2.56 bits per heavy atom. The number of amides is 2. The van der Waals surface area contributed by atoms with Crippen molar-refractivity contribution < 1.29 is 14.3 Å². The van der Waals surface area contributed by atoms with Crippen molar-refractivity contribution in [2.45, 2.75) is 19.5 Å². The molecule has 4 rings (SSSR count). The summed E-state index contributed by atoms with van der Waals surface area (Å²) in [6.45, 7) is 1.73. The average molecular weight is 473 g/mol. The van der Waals surface area contributed by atoms with Gasteiger partial charge >= 0.3 is 12.0 Å². The van der Waals surface area contributed by atoms with Gasteiger partial charge in [-0.1, -0.05) is 35.3 Å². The van der Waals surface area contributed by atoms with Crippen molar-refractivity contribution >= 4 is 46.1 Å². The molecule has 0 fully saturated rings. The molecular weight excluding hydrogens is 455 g/mol. The summed E-state index contributed by atoms with van der Waals surface area (Å²) in [7, 11) is 0. The van der Waals surface area contributed by atoms with Crippen LogP contribution in [0.15, 0.2) is 64.9 Å². The molecule has 8 nitrogen and oxygen atoms in total. The molecule has 0 aliphatic carbocycles. The molecule has 3 aromatic rings. The minimum absolute atomic E-state index is 0.0973. The maximum atomic E-state index is 13.0. The van der Waals surface area contributed by atoms with E-state index in [1.54, 1.807) is 43.3 Å². The van der Waals surface area contributed by atoms with E-state index in [-0.39, 0.29) is 30.0 Å². The molecule has 0 saturated heterocycles. The summed E-state index contributed by atoms with van der Waals surface area (Å²) in [4.78, 5) is 42.6. The van der Waals surface area contributed by atoms with Gasteiger partial charge in [0.05, 0.1) is 47.7 Å². The number of carbonyl (C=O) groups excluding carboxylic acids is 2. The molecule has 1 atom stereocenters. The lowest BCUT2D eigenvalue weighted by Crippen LogP contribution is -2.47. The molecule has 2 amide bonds. The first kappa shape index (κ1) is 21.9.